The van der Waals surface area contributed by atoms with Gasteiger partial charge in [-0.1, -0.05) is 102 Å². The third-order valence-electron chi connectivity index (χ3n) is 7.13. The lowest BCUT2D eigenvalue weighted by atomic mass is 10.0. The minimum absolute atomic E-state index is 0.00185. The minimum Gasteiger partial charge on any atom is -0.354 e. The molecule has 0 radical (unpaired) electrons. The predicted octanol–water partition coefficient (Wildman–Crippen LogP) is 7.32. The average Bonchev–Trinajstić information content (AvgIpc) is 3.02. The summed E-state index contributed by atoms with van der Waals surface area (Å²) in [6.45, 7) is 3.54. The molecule has 0 heterocycles. The summed E-state index contributed by atoms with van der Waals surface area (Å²) in [4.78, 5) is 29.6. The van der Waals surface area contributed by atoms with Crippen LogP contribution >= 0.6 is 34.8 Å². The molecule has 0 saturated heterocycles. The molecule has 45 heavy (non-hydrogen) atoms. The van der Waals surface area contributed by atoms with E-state index in [1.807, 2.05) is 44.2 Å². The van der Waals surface area contributed by atoms with Crippen molar-refractivity contribution in [3.8, 4) is 0 Å². The molecule has 2 amide bonds. The second-order valence-electron chi connectivity index (χ2n) is 10.6. The highest BCUT2D eigenvalue weighted by molar-refractivity contribution is 7.92. The number of nitrogens with zero attached hydrogens (tertiary/aromatic N) is 2. The van der Waals surface area contributed by atoms with Crippen molar-refractivity contribution in [1.29, 1.82) is 0 Å². The van der Waals surface area contributed by atoms with Gasteiger partial charge in [-0.05, 0) is 66.9 Å². The Bertz CT molecular complexity index is 1740. The largest absolute Gasteiger partial charge is 0.354 e. The lowest BCUT2D eigenvalue weighted by Gasteiger charge is -2.34. The summed E-state index contributed by atoms with van der Waals surface area (Å²) in [5.41, 5.74) is 2.41. The number of amides is 2. The van der Waals surface area contributed by atoms with Crippen LogP contribution in [0, 0.1) is 6.92 Å². The fourth-order valence-corrected chi connectivity index (χ4v) is 6.85. The van der Waals surface area contributed by atoms with Crippen molar-refractivity contribution in [3.63, 3.8) is 0 Å². The molecule has 0 spiro atoms. The van der Waals surface area contributed by atoms with Crippen molar-refractivity contribution in [2.45, 2.75) is 44.2 Å². The van der Waals surface area contributed by atoms with E-state index >= 15 is 0 Å². The van der Waals surface area contributed by atoms with Gasteiger partial charge in [-0.25, -0.2) is 8.42 Å². The molecule has 4 rings (SSSR count). The topological polar surface area (TPSA) is 86.8 Å². The van der Waals surface area contributed by atoms with Crippen LogP contribution in [0.5, 0.6) is 0 Å². The SMILES string of the molecule is CCCNC(=O)C(Cc1ccccc1)N(Cc1cccc(Cl)c1)C(=O)CN(c1cc(Cl)ccc1Cl)S(=O)(=O)c1ccc(C)cc1. The van der Waals surface area contributed by atoms with Crippen molar-refractivity contribution >= 4 is 62.3 Å². The second-order valence-corrected chi connectivity index (χ2v) is 13.7. The minimum atomic E-state index is -4.32. The zero-order valence-electron chi connectivity index (χ0n) is 24.9. The molecule has 0 aromatic heterocycles. The Labute approximate surface area is 279 Å². The quantitative estimate of drug-likeness (QED) is 0.160. The molecular formula is C34H34Cl3N3O4S. The van der Waals surface area contributed by atoms with Gasteiger partial charge in [-0.2, -0.15) is 0 Å². The molecule has 11 heteroatoms. The maximum Gasteiger partial charge on any atom is 0.264 e. The highest BCUT2D eigenvalue weighted by atomic mass is 35.5. The van der Waals surface area contributed by atoms with Crippen LogP contribution in [-0.2, 0) is 32.6 Å². The molecule has 0 saturated carbocycles. The average molecular weight is 687 g/mol. The van der Waals surface area contributed by atoms with E-state index in [9.17, 15) is 18.0 Å². The van der Waals surface area contributed by atoms with Gasteiger partial charge in [0.15, 0.2) is 0 Å². The molecule has 4 aromatic carbocycles. The number of hydrogen-bond acceptors (Lipinski definition) is 4. The number of aryl methyl sites for hydroxylation is 1. The van der Waals surface area contributed by atoms with Gasteiger partial charge in [0.25, 0.3) is 10.0 Å². The first kappa shape index (κ1) is 34.3. The lowest BCUT2D eigenvalue weighted by Crippen LogP contribution is -2.53. The van der Waals surface area contributed by atoms with Crippen LogP contribution in [0.15, 0.2) is 102 Å². The van der Waals surface area contributed by atoms with Crippen molar-refractivity contribution in [1.82, 2.24) is 10.2 Å². The molecule has 0 aliphatic rings. The third-order valence-corrected chi connectivity index (χ3v) is 9.69. The Balaban J connectivity index is 1.83. The van der Waals surface area contributed by atoms with E-state index in [2.05, 4.69) is 5.32 Å². The van der Waals surface area contributed by atoms with Gasteiger partial charge in [0.2, 0.25) is 11.8 Å². The summed E-state index contributed by atoms with van der Waals surface area (Å²) >= 11 is 19.1. The van der Waals surface area contributed by atoms with Gasteiger partial charge in [0, 0.05) is 29.6 Å². The van der Waals surface area contributed by atoms with E-state index in [0.29, 0.717) is 23.6 Å². The molecule has 7 nitrogen and oxygen atoms in total. The number of hydrogen-bond donors (Lipinski definition) is 1. The molecule has 0 bridgehead atoms. The summed E-state index contributed by atoms with van der Waals surface area (Å²) in [5.74, 6) is -0.973. The standard InChI is InChI=1S/C34H34Cl3N3O4S/c1-3-18-38-34(42)32(20-25-8-5-4-6-9-25)39(22-26-10-7-11-27(35)19-26)33(41)23-40(31-21-28(36)14-17-30(31)37)45(43,44)29-15-12-24(2)13-16-29/h4-17,19,21,32H,3,18,20,22-23H2,1-2H3,(H,38,42). The molecule has 236 valence electrons. The number of carbonyl (C=O) groups is 2. The van der Waals surface area contributed by atoms with E-state index in [0.717, 1.165) is 15.4 Å². The van der Waals surface area contributed by atoms with Crippen LogP contribution in [0.1, 0.15) is 30.0 Å². The monoisotopic (exact) mass is 685 g/mol. The Morgan fingerprint density at radius 2 is 1.49 bits per heavy atom. The van der Waals surface area contributed by atoms with Gasteiger partial charge in [-0.15, -0.1) is 0 Å². The first-order chi connectivity index (χ1) is 21.5. The number of anilines is 1. The number of carbonyl (C=O) groups excluding carboxylic acids is 2. The summed E-state index contributed by atoms with van der Waals surface area (Å²) < 4.78 is 29.3. The molecule has 0 aliphatic heterocycles. The summed E-state index contributed by atoms with van der Waals surface area (Å²) in [5, 5.41) is 3.71. The number of halogens is 3. The van der Waals surface area contributed by atoms with Crippen LogP contribution < -0.4 is 9.62 Å². The smallest absolute Gasteiger partial charge is 0.264 e. The summed E-state index contributed by atoms with van der Waals surface area (Å²) in [6, 6.07) is 26.0. The van der Waals surface area contributed by atoms with Gasteiger partial charge < -0.3 is 10.2 Å². The number of sulfonamides is 1. The van der Waals surface area contributed by atoms with Gasteiger partial charge in [0.1, 0.15) is 12.6 Å². The Morgan fingerprint density at radius 3 is 2.16 bits per heavy atom. The highest BCUT2D eigenvalue weighted by Crippen LogP contribution is 2.33. The van der Waals surface area contributed by atoms with Crippen LogP contribution in [-0.4, -0.2) is 44.3 Å². The number of nitrogens with one attached hydrogen (secondary N) is 1. The van der Waals surface area contributed by atoms with Crippen molar-refractivity contribution in [3.05, 3.63) is 129 Å². The maximum atomic E-state index is 14.5. The number of rotatable bonds is 13. The first-order valence-corrected chi connectivity index (χ1v) is 17.0. The predicted molar refractivity (Wildman–Crippen MR) is 181 cm³/mol. The normalized spacial score (nSPS) is 11.9. The van der Waals surface area contributed by atoms with Crippen molar-refractivity contribution in [2.24, 2.45) is 0 Å². The molecule has 1 atom stereocenters. The van der Waals surface area contributed by atoms with E-state index in [-0.39, 0.29) is 39.5 Å². The Morgan fingerprint density at radius 1 is 0.822 bits per heavy atom. The number of benzene rings is 4. The van der Waals surface area contributed by atoms with Crippen LogP contribution in [0.4, 0.5) is 5.69 Å². The molecule has 0 aliphatic carbocycles. The Hall–Kier alpha value is -3.56. The van der Waals surface area contributed by atoms with Crippen LogP contribution in [0.25, 0.3) is 0 Å². The summed E-state index contributed by atoms with van der Waals surface area (Å²) in [7, 11) is -4.32. The first-order valence-electron chi connectivity index (χ1n) is 14.4. The lowest BCUT2D eigenvalue weighted by molar-refractivity contribution is -0.140. The highest BCUT2D eigenvalue weighted by Gasteiger charge is 2.35. The summed E-state index contributed by atoms with van der Waals surface area (Å²) in [6.07, 6.45) is 0.896. The second kappa shape index (κ2) is 15.6. The third kappa shape index (κ3) is 9.01. The maximum absolute atomic E-state index is 14.5. The molecule has 1 N–H and O–H groups in total. The van der Waals surface area contributed by atoms with Crippen LogP contribution in [0.3, 0.4) is 0 Å². The fraction of sp³-hybridized carbons (Fsp3) is 0.235. The van der Waals surface area contributed by atoms with Crippen molar-refractivity contribution in [2.75, 3.05) is 17.4 Å². The van der Waals surface area contributed by atoms with E-state index in [1.165, 1.54) is 35.2 Å². The van der Waals surface area contributed by atoms with E-state index in [4.69, 9.17) is 34.8 Å². The van der Waals surface area contributed by atoms with E-state index in [1.54, 1.807) is 36.4 Å². The van der Waals surface area contributed by atoms with Crippen LogP contribution in [0.2, 0.25) is 15.1 Å². The van der Waals surface area contributed by atoms with Gasteiger partial charge in [0.05, 0.1) is 15.6 Å². The molecule has 1 unspecified atom stereocenters. The molecule has 0 fully saturated rings. The fourth-order valence-electron chi connectivity index (χ4n) is 4.78. The van der Waals surface area contributed by atoms with Gasteiger partial charge >= 0.3 is 0 Å². The molecule has 4 aromatic rings. The van der Waals surface area contributed by atoms with Crippen molar-refractivity contribution < 1.29 is 18.0 Å². The molecular weight excluding hydrogens is 653 g/mol. The zero-order chi connectivity index (χ0) is 32.6. The van der Waals surface area contributed by atoms with E-state index < -0.39 is 28.5 Å². The zero-order valence-corrected chi connectivity index (χ0v) is 28.0. The Kier molecular flexibility index (Phi) is 11.9. The van der Waals surface area contributed by atoms with Gasteiger partial charge in [-0.3, -0.25) is 13.9 Å².